The normalized spacial score (nSPS) is 10.3. The molecule has 0 spiro atoms. The third kappa shape index (κ3) is 1.78. The lowest BCUT2D eigenvalue weighted by Gasteiger charge is -2.06. The molecule has 2 heterocycles. The van der Waals surface area contributed by atoms with Gasteiger partial charge in [-0.2, -0.15) is 10.1 Å². The van der Waals surface area contributed by atoms with Crippen molar-refractivity contribution < 1.29 is 4.74 Å². The molecule has 0 aliphatic heterocycles. The van der Waals surface area contributed by atoms with Crippen molar-refractivity contribution in [2.45, 2.75) is 0 Å². The van der Waals surface area contributed by atoms with E-state index in [2.05, 4.69) is 31.0 Å². The molecule has 15 heavy (non-hydrogen) atoms. The second-order valence-electron chi connectivity index (χ2n) is 2.72. The smallest absolute Gasteiger partial charge is 0.242 e. The number of aromatic nitrogens is 4. The predicted molar refractivity (Wildman–Crippen MR) is 57.8 cm³/mol. The monoisotopic (exact) mass is 269 g/mol. The van der Waals surface area contributed by atoms with Gasteiger partial charge in [0.05, 0.1) is 17.8 Å². The molecule has 0 amide bonds. The molecular formula is C8H8BrN5O. The van der Waals surface area contributed by atoms with Crippen molar-refractivity contribution in [3.8, 4) is 11.7 Å². The van der Waals surface area contributed by atoms with E-state index >= 15 is 0 Å². The molecule has 2 aromatic rings. The first-order valence-electron chi connectivity index (χ1n) is 4.07. The third-order valence-electron chi connectivity index (χ3n) is 1.79. The first kappa shape index (κ1) is 9.91. The van der Waals surface area contributed by atoms with Gasteiger partial charge in [-0.1, -0.05) is 0 Å². The standard InChI is InChI=1S/C8H8BrN5O/c1-15-8-6(10)7(11-4-12-8)14-3-5(9)2-13-14/h2-4H,10H2,1H3. The molecule has 2 N–H and O–H groups in total. The van der Waals surface area contributed by atoms with Gasteiger partial charge in [0.1, 0.15) is 12.0 Å². The summed E-state index contributed by atoms with van der Waals surface area (Å²) in [5, 5.41) is 4.07. The SMILES string of the molecule is COc1ncnc(-n2cc(Br)cn2)c1N. The van der Waals surface area contributed by atoms with Crippen LogP contribution in [-0.4, -0.2) is 26.9 Å². The van der Waals surface area contributed by atoms with E-state index in [1.807, 2.05) is 0 Å². The molecule has 0 aliphatic carbocycles. The van der Waals surface area contributed by atoms with Crippen LogP contribution in [0.5, 0.6) is 5.88 Å². The van der Waals surface area contributed by atoms with E-state index < -0.39 is 0 Å². The molecule has 0 unspecified atom stereocenters. The Kier molecular flexibility index (Phi) is 2.55. The number of nitrogens with zero attached hydrogens (tertiary/aromatic N) is 4. The predicted octanol–water partition coefficient (Wildman–Crippen LogP) is 1.02. The van der Waals surface area contributed by atoms with Gasteiger partial charge in [-0.15, -0.1) is 0 Å². The van der Waals surface area contributed by atoms with Crippen molar-refractivity contribution in [3.05, 3.63) is 23.2 Å². The second kappa shape index (κ2) is 3.85. The number of ether oxygens (including phenoxy) is 1. The summed E-state index contributed by atoms with van der Waals surface area (Å²) in [4.78, 5) is 7.91. The maximum atomic E-state index is 5.81. The molecule has 6 nitrogen and oxygen atoms in total. The Morgan fingerprint density at radius 2 is 2.27 bits per heavy atom. The van der Waals surface area contributed by atoms with E-state index in [1.165, 1.54) is 13.4 Å². The maximum absolute atomic E-state index is 5.81. The molecule has 0 saturated carbocycles. The number of nitrogen functional groups attached to an aromatic ring is 1. The largest absolute Gasteiger partial charge is 0.479 e. The van der Waals surface area contributed by atoms with Crippen LogP contribution in [0.1, 0.15) is 0 Å². The Hall–Kier alpha value is -1.63. The summed E-state index contributed by atoms with van der Waals surface area (Å²) in [7, 11) is 1.50. The van der Waals surface area contributed by atoms with Crippen molar-refractivity contribution >= 4 is 21.6 Å². The zero-order chi connectivity index (χ0) is 10.8. The minimum Gasteiger partial charge on any atom is -0.479 e. The Morgan fingerprint density at radius 3 is 2.87 bits per heavy atom. The highest BCUT2D eigenvalue weighted by molar-refractivity contribution is 9.10. The third-order valence-corrected chi connectivity index (χ3v) is 2.20. The van der Waals surface area contributed by atoms with Crippen molar-refractivity contribution in [3.63, 3.8) is 0 Å². The van der Waals surface area contributed by atoms with Crippen molar-refractivity contribution in [2.24, 2.45) is 0 Å². The Morgan fingerprint density at radius 1 is 1.47 bits per heavy atom. The highest BCUT2D eigenvalue weighted by atomic mass is 79.9. The summed E-state index contributed by atoms with van der Waals surface area (Å²) < 4.78 is 7.38. The molecule has 0 bridgehead atoms. The molecule has 0 aliphatic rings. The lowest BCUT2D eigenvalue weighted by molar-refractivity contribution is 0.399. The summed E-state index contributed by atoms with van der Waals surface area (Å²) >= 11 is 3.29. The average molecular weight is 270 g/mol. The van der Waals surface area contributed by atoms with Crippen LogP contribution in [0.25, 0.3) is 5.82 Å². The van der Waals surface area contributed by atoms with Crippen LogP contribution in [0, 0.1) is 0 Å². The van der Waals surface area contributed by atoms with Crippen molar-refractivity contribution in [1.82, 2.24) is 19.7 Å². The topological polar surface area (TPSA) is 78.9 Å². The number of nitrogens with two attached hydrogens (primary N) is 1. The molecule has 2 rings (SSSR count). The fourth-order valence-electron chi connectivity index (χ4n) is 1.13. The molecule has 7 heteroatoms. The van der Waals surface area contributed by atoms with Gasteiger partial charge in [0.25, 0.3) is 0 Å². The molecule has 0 aromatic carbocycles. The van der Waals surface area contributed by atoms with Gasteiger partial charge in [0.15, 0.2) is 5.82 Å². The molecule has 2 aromatic heterocycles. The summed E-state index contributed by atoms with van der Waals surface area (Å²) in [6, 6.07) is 0. The lowest BCUT2D eigenvalue weighted by Crippen LogP contribution is -2.06. The van der Waals surface area contributed by atoms with Gasteiger partial charge in [-0.25, -0.2) is 9.67 Å². The van der Waals surface area contributed by atoms with Gasteiger partial charge >= 0.3 is 0 Å². The number of halogens is 1. The van der Waals surface area contributed by atoms with E-state index in [9.17, 15) is 0 Å². The minimum atomic E-state index is 0.339. The van der Waals surface area contributed by atoms with Crippen LogP contribution in [0.15, 0.2) is 23.2 Å². The molecule has 0 radical (unpaired) electrons. The Balaban J connectivity index is 2.53. The summed E-state index contributed by atoms with van der Waals surface area (Å²) in [5.41, 5.74) is 6.17. The minimum absolute atomic E-state index is 0.339. The zero-order valence-corrected chi connectivity index (χ0v) is 9.47. The van der Waals surface area contributed by atoms with Crippen molar-refractivity contribution in [2.75, 3.05) is 12.8 Å². The van der Waals surface area contributed by atoms with Crippen LogP contribution in [0.3, 0.4) is 0 Å². The molecular weight excluding hydrogens is 262 g/mol. The molecule has 0 atom stereocenters. The average Bonchev–Trinajstić information content (AvgIpc) is 2.65. The number of anilines is 1. The van der Waals surface area contributed by atoms with Gasteiger partial charge in [0, 0.05) is 6.20 Å². The summed E-state index contributed by atoms with van der Waals surface area (Å²) in [6.45, 7) is 0. The summed E-state index contributed by atoms with van der Waals surface area (Å²) in [5.74, 6) is 0.833. The lowest BCUT2D eigenvalue weighted by atomic mass is 10.4. The fourth-order valence-corrected chi connectivity index (χ4v) is 1.42. The first-order valence-corrected chi connectivity index (χ1v) is 4.86. The Labute approximate surface area is 94.2 Å². The highest BCUT2D eigenvalue weighted by Crippen LogP contribution is 2.23. The Bertz CT molecular complexity index is 484. The van der Waals surface area contributed by atoms with E-state index in [0.717, 1.165) is 4.47 Å². The number of hydrogen-bond donors (Lipinski definition) is 1. The van der Waals surface area contributed by atoms with E-state index in [1.54, 1.807) is 17.1 Å². The zero-order valence-electron chi connectivity index (χ0n) is 7.88. The second-order valence-corrected chi connectivity index (χ2v) is 3.64. The van der Waals surface area contributed by atoms with Crippen LogP contribution in [-0.2, 0) is 0 Å². The van der Waals surface area contributed by atoms with E-state index in [-0.39, 0.29) is 0 Å². The number of methoxy groups -OCH3 is 1. The van der Waals surface area contributed by atoms with Crippen LogP contribution < -0.4 is 10.5 Å². The summed E-state index contributed by atoms with van der Waals surface area (Å²) in [6.07, 6.45) is 4.77. The highest BCUT2D eigenvalue weighted by Gasteiger charge is 2.10. The van der Waals surface area contributed by atoms with Gasteiger partial charge in [-0.05, 0) is 15.9 Å². The molecule has 0 fully saturated rings. The van der Waals surface area contributed by atoms with Gasteiger partial charge in [0.2, 0.25) is 5.88 Å². The van der Waals surface area contributed by atoms with Gasteiger partial charge < -0.3 is 10.5 Å². The molecule has 78 valence electrons. The maximum Gasteiger partial charge on any atom is 0.242 e. The number of rotatable bonds is 2. The fraction of sp³-hybridized carbons (Fsp3) is 0.125. The van der Waals surface area contributed by atoms with E-state index in [0.29, 0.717) is 17.4 Å². The van der Waals surface area contributed by atoms with Crippen molar-refractivity contribution in [1.29, 1.82) is 0 Å². The van der Waals surface area contributed by atoms with Crippen LogP contribution >= 0.6 is 15.9 Å². The first-order chi connectivity index (χ1) is 7.22. The number of hydrogen-bond acceptors (Lipinski definition) is 5. The van der Waals surface area contributed by atoms with Gasteiger partial charge in [-0.3, -0.25) is 0 Å². The van der Waals surface area contributed by atoms with Crippen LogP contribution in [0.4, 0.5) is 5.69 Å². The molecule has 0 saturated heterocycles. The van der Waals surface area contributed by atoms with Crippen LogP contribution in [0.2, 0.25) is 0 Å². The van der Waals surface area contributed by atoms with E-state index in [4.69, 9.17) is 10.5 Å². The quantitative estimate of drug-likeness (QED) is 0.881.